The van der Waals surface area contributed by atoms with Crippen LogP contribution in [0.1, 0.15) is 49.4 Å². The summed E-state index contributed by atoms with van der Waals surface area (Å²) in [5.41, 5.74) is -4.64. The molecule has 4 aromatic rings. The van der Waals surface area contributed by atoms with E-state index >= 15 is 4.39 Å². The second-order valence-electron chi connectivity index (χ2n) is 10.7. The Bertz CT molecular complexity index is 1810. The molecule has 2 heterocycles. The number of hydrogen-bond donors (Lipinski definition) is 0. The highest BCUT2D eigenvalue weighted by Gasteiger charge is 2.48. The number of halogens is 5. The number of hydrogen-bond acceptors (Lipinski definition) is 7. The number of thioether (sulfide) groups is 1. The normalized spacial score (nSPS) is 21.1. The molecule has 0 radical (unpaired) electrons. The van der Waals surface area contributed by atoms with Gasteiger partial charge in [0.15, 0.2) is 11.0 Å². The number of alkyl halides is 3. The van der Waals surface area contributed by atoms with Crippen LogP contribution in [0.2, 0.25) is 5.02 Å². The van der Waals surface area contributed by atoms with Crippen LogP contribution < -0.4 is 4.18 Å². The largest absolute Gasteiger partial charge is 0.534 e. The molecule has 13 heteroatoms. The molecule has 2 atom stereocenters. The van der Waals surface area contributed by atoms with Crippen LogP contribution in [0.4, 0.5) is 17.6 Å². The van der Waals surface area contributed by atoms with Crippen molar-refractivity contribution in [2.24, 2.45) is 11.8 Å². The lowest BCUT2D eigenvalue weighted by molar-refractivity contribution is -0.0500. The minimum atomic E-state index is -5.98. The predicted octanol–water partition coefficient (Wildman–Crippen LogP) is 8.19. The zero-order valence-electron chi connectivity index (χ0n) is 21.9. The molecule has 2 fully saturated rings. The van der Waals surface area contributed by atoms with Crippen molar-refractivity contribution < 1.29 is 30.2 Å². The van der Waals surface area contributed by atoms with Gasteiger partial charge in [0, 0.05) is 33.0 Å². The lowest BCUT2D eigenvalue weighted by Crippen LogP contribution is -2.28. The zero-order chi connectivity index (χ0) is 29.3. The summed E-state index contributed by atoms with van der Waals surface area (Å²) < 4.78 is 83.9. The molecule has 2 aliphatic carbocycles. The summed E-state index contributed by atoms with van der Waals surface area (Å²) in [4.78, 5) is 13.9. The molecule has 6 nitrogen and oxygen atoms in total. The van der Waals surface area contributed by atoms with Crippen LogP contribution in [0.5, 0.6) is 5.75 Å². The van der Waals surface area contributed by atoms with E-state index in [2.05, 4.69) is 14.2 Å². The number of rotatable bonds is 5. The Morgan fingerprint density at radius 3 is 2.39 bits per heavy atom. The monoisotopic (exact) mass is 625 g/mol. The van der Waals surface area contributed by atoms with Crippen molar-refractivity contribution in [1.29, 1.82) is 0 Å². The predicted molar refractivity (Wildman–Crippen MR) is 150 cm³/mol. The first kappa shape index (κ1) is 28.4. The molecule has 0 amide bonds. The smallest absolute Gasteiger partial charge is 0.376 e. The first-order valence-corrected chi connectivity index (χ1v) is 16.0. The summed E-state index contributed by atoms with van der Waals surface area (Å²) in [6.45, 7) is 1.71. The molecule has 2 aromatic carbocycles. The first-order chi connectivity index (χ1) is 19.4. The Morgan fingerprint density at radius 2 is 1.73 bits per heavy atom. The van der Waals surface area contributed by atoms with Crippen LogP contribution in [0.3, 0.4) is 0 Å². The van der Waals surface area contributed by atoms with Gasteiger partial charge in [0.05, 0.1) is 5.69 Å². The van der Waals surface area contributed by atoms with Crippen molar-refractivity contribution in [1.82, 2.24) is 15.0 Å². The van der Waals surface area contributed by atoms with Gasteiger partial charge in [-0.1, -0.05) is 48.3 Å². The second-order valence-corrected chi connectivity index (χ2v) is 13.4. The molecule has 0 spiro atoms. The van der Waals surface area contributed by atoms with Crippen molar-refractivity contribution in [3.05, 3.63) is 52.6 Å². The van der Waals surface area contributed by atoms with Crippen LogP contribution in [-0.4, -0.2) is 35.1 Å². The minimum absolute atomic E-state index is 0.0236. The molecule has 216 valence electrons. The maximum atomic E-state index is 16.5. The Balaban J connectivity index is 1.58. The molecule has 2 unspecified atom stereocenters. The summed E-state index contributed by atoms with van der Waals surface area (Å²) in [7, 11) is -5.98. The average molecular weight is 626 g/mol. The SMILES string of the molecule is CSc1nc(C2CC3CCC(C3)C2)c2c(C)nc(-c3cc(OS(=O)(=O)C(F)(F)F)cc4cccc(Cl)c34)c(F)c2n1. The van der Waals surface area contributed by atoms with Crippen LogP contribution in [0.25, 0.3) is 32.9 Å². The van der Waals surface area contributed by atoms with E-state index in [1.165, 1.54) is 49.2 Å². The Hall–Kier alpha value is -2.70. The molecule has 2 aromatic heterocycles. The van der Waals surface area contributed by atoms with E-state index < -0.39 is 27.2 Å². The highest BCUT2D eigenvalue weighted by Crippen LogP contribution is 2.50. The highest BCUT2D eigenvalue weighted by molar-refractivity contribution is 7.98. The van der Waals surface area contributed by atoms with Gasteiger partial charge in [-0.05, 0) is 67.9 Å². The van der Waals surface area contributed by atoms with Gasteiger partial charge >= 0.3 is 15.6 Å². The number of aryl methyl sites for hydroxylation is 1. The topological polar surface area (TPSA) is 82.0 Å². The Labute approximate surface area is 243 Å². The van der Waals surface area contributed by atoms with Crippen molar-refractivity contribution in [3.63, 3.8) is 0 Å². The minimum Gasteiger partial charge on any atom is -0.376 e. The highest BCUT2D eigenvalue weighted by atomic mass is 35.5. The quantitative estimate of drug-likeness (QED) is 0.0727. The number of fused-ring (bicyclic) bond motifs is 4. The molecular weight excluding hydrogens is 602 g/mol. The van der Waals surface area contributed by atoms with Gasteiger partial charge in [-0.2, -0.15) is 21.6 Å². The lowest BCUT2D eigenvalue weighted by Gasteiger charge is -2.28. The van der Waals surface area contributed by atoms with Crippen molar-refractivity contribution in [2.45, 2.75) is 55.6 Å². The third-order valence-corrected chi connectivity index (χ3v) is 9.91. The van der Waals surface area contributed by atoms with E-state index in [0.717, 1.165) is 30.7 Å². The number of aromatic nitrogens is 3. The number of benzene rings is 2. The standard InChI is InChI=1S/C28H24ClF4N3O3S2/c1-13-21-24(17-9-14-6-7-15(8-14)10-17)35-27(40-2)36-26(21)23(30)25(34-13)19-12-18(39-41(37,38)28(31,32)33)11-16-4-3-5-20(29)22(16)19/h3-5,11-12,14-15,17H,6-10H2,1-2H3. The van der Waals surface area contributed by atoms with Crippen LogP contribution in [0.15, 0.2) is 35.5 Å². The van der Waals surface area contributed by atoms with Gasteiger partial charge in [-0.15, -0.1) is 0 Å². The van der Waals surface area contributed by atoms with E-state index in [0.29, 0.717) is 28.1 Å². The average Bonchev–Trinajstić information content (AvgIpc) is 3.25. The summed E-state index contributed by atoms with van der Waals surface area (Å²) in [6, 6.07) is 6.68. The molecule has 0 N–H and O–H groups in total. The van der Waals surface area contributed by atoms with Gasteiger partial charge in [0.2, 0.25) is 0 Å². The van der Waals surface area contributed by atoms with Crippen molar-refractivity contribution in [2.75, 3.05) is 6.26 Å². The summed E-state index contributed by atoms with van der Waals surface area (Å²) >= 11 is 7.76. The molecule has 2 aliphatic rings. The van der Waals surface area contributed by atoms with Crippen LogP contribution >= 0.6 is 23.4 Å². The van der Waals surface area contributed by atoms with Crippen molar-refractivity contribution >= 4 is 55.2 Å². The number of nitrogens with zero attached hydrogens (tertiary/aromatic N) is 3. The molecule has 0 aliphatic heterocycles. The maximum Gasteiger partial charge on any atom is 0.534 e. The fourth-order valence-electron chi connectivity index (χ4n) is 6.42. The van der Waals surface area contributed by atoms with Gasteiger partial charge < -0.3 is 4.18 Å². The fraction of sp³-hybridized carbons (Fsp3) is 0.393. The van der Waals surface area contributed by atoms with Gasteiger partial charge in [-0.3, -0.25) is 0 Å². The van der Waals surface area contributed by atoms with Gasteiger partial charge in [0.1, 0.15) is 17.0 Å². The first-order valence-electron chi connectivity index (χ1n) is 13.0. The van der Waals surface area contributed by atoms with E-state index in [1.807, 2.05) is 0 Å². The molecular formula is C28H24ClF4N3O3S2. The van der Waals surface area contributed by atoms with Crippen molar-refractivity contribution in [3.8, 4) is 17.0 Å². The third-order valence-electron chi connectivity index (χ3n) is 8.07. The van der Waals surface area contributed by atoms with Gasteiger partial charge in [0.25, 0.3) is 0 Å². The van der Waals surface area contributed by atoms with Crippen LogP contribution in [0, 0.1) is 24.6 Å². The third kappa shape index (κ3) is 5.01. The summed E-state index contributed by atoms with van der Waals surface area (Å²) in [5, 5.41) is 1.62. The lowest BCUT2D eigenvalue weighted by atomic mass is 9.78. The zero-order valence-corrected chi connectivity index (χ0v) is 24.3. The summed E-state index contributed by atoms with van der Waals surface area (Å²) in [6.07, 6.45) is 7.31. The molecule has 6 rings (SSSR count). The van der Waals surface area contributed by atoms with Gasteiger partial charge in [-0.25, -0.2) is 19.3 Å². The molecule has 41 heavy (non-hydrogen) atoms. The van der Waals surface area contributed by atoms with E-state index in [9.17, 15) is 21.6 Å². The summed E-state index contributed by atoms with van der Waals surface area (Å²) in [5.74, 6) is -0.0912. The number of pyridine rings is 1. The van der Waals surface area contributed by atoms with E-state index in [1.54, 1.807) is 13.2 Å². The van der Waals surface area contributed by atoms with E-state index in [-0.39, 0.29) is 38.5 Å². The van der Waals surface area contributed by atoms with Crippen LogP contribution in [-0.2, 0) is 10.1 Å². The van der Waals surface area contributed by atoms with E-state index in [4.69, 9.17) is 16.6 Å². The molecule has 2 saturated carbocycles. The molecule has 0 saturated heterocycles. The molecule has 2 bridgehead atoms. The maximum absolute atomic E-state index is 16.5. The Kier molecular flexibility index (Phi) is 7.09. The second kappa shape index (κ2) is 10.2. The fourth-order valence-corrected chi connectivity index (χ4v) is 7.52. The Morgan fingerprint density at radius 1 is 1.02 bits per heavy atom.